The van der Waals surface area contributed by atoms with Gasteiger partial charge in [0.15, 0.2) is 5.78 Å². The maximum Gasteiger partial charge on any atom is 0.165 e. The Hall–Kier alpha value is -1.97. The molecule has 0 amide bonds. The number of rotatable bonds is 2. The first-order valence-electron chi connectivity index (χ1n) is 12.7. The van der Waals surface area contributed by atoms with E-state index < -0.39 is 0 Å². The summed E-state index contributed by atoms with van der Waals surface area (Å²) in [6.45, 7) is 4.71. The first-order valence-corrected chi connectivity index (χ1v) is 13.5. The third-order valence-corrected chi connectivity index (χ3v) is 10.8. The highest BCUT2D eigenvalue weighted by molar-refractivity contribution is 7.16. The van der Waals surface area contributed by atoms with Gasteiger partial charge in [0.2, 0.25) is 0 Å². The van der Waals surface area contributed by atoms with E-state index >= 15 is 0 Å². The molecule has 33 heavy (non-hydrogen) atoms. The van der Waals surface area contributed by atoms with Crippen LogP contribution < -0.4 is 0 Å². The maximum atomic E-state index is 13.7. The van der Waals surface area contributed by atoms with Gasteiger partial charge in [-0.3, -0.25) is 4.79 Å². The molecule has 1 aromatic carbocycles. The van der Waals surface area contributed by atoms with Crippen molar-refractivity contribution in [3.8, 4) is 10.4 Å². The molecule has 0 aliphatic heterocycles. The molecule has 0 bridgehead atoms. The summed E-state index contributed by atoms with van der Waals surface area (Å²) in [4.78, 5) is 16.2. The topological polar surface area (TPSA) is 37.3 Å². The Bertz CT molecular complexity index is 1140. The monoisotopic (exact) mass is 458 g/mol. The van der Waals surface area contributed by atoms with Crippen LogP contribution in [0, 0.1) is 28.6 Å². The van der Waals surface area contributed by atoms with Crippen molar-refractivity contribution in [2.75, 3.05) is 0 Å². The maximum absolute atomic E-state index is 13.7. The van der Waals surface area contributed by atoms with E-state index in [0.717, 1.165) is 50.5 Å². The number of thiophene rings is 1. The number of aliphatic hydroxyl groups is 1. The molecule has 2 nitrogen and oxygen atoms in total. The summed E-state index contributed by atoms with van der Waals surface area (Å²) in [7, 11) is 0. The number of carbonyl (C=O) groups excluding carboxylic acids is 1. The summed E-state index contributed by atoms with van der Waals surface area (Å²) in [5.41, 5.74) is 3.80. The van der Waals surface area contributed by atoms with Crippen molar-refractivity contribution < 1.29 is 9.90 Å². The quantitative estimate of drug-likeness (QED) is 0.379. The van der Waals surface area contributed by atoms with Gasteiger partial charge >= 0.3 is 0 Å². The molecule has 172 valence electrons. The molecule has 6 rings (SSSR count). The van der Waals surface area contributed by atoms with Crippen LogP contribution in [0.25, 0.3) is 16.5 Å². The van der Waals surface area contributed by atoms with Crippen molar-refractivity contribution in [2.24, 2.45) is 28.6 Å². The summed E-state index contributed by atoms with van der Waals surface area (Å²) in [5.74, 6) is 2.09. The molecule has 0 spiro atoms. The van der Waals surface area contributed by atoms with Crippen LogP contribution in [0.15, 0.2) is 59.7 Å². The Morgan fingerprint density at radius 2 is 1.76 bits per heavy atom. The Kier molecular flexibility index (Phi) is 5.08. The van der Waals surface area contributed by atoms with Gasteiger partial charge in [-0.25, -0.2) is 0 Å². The predicted molar refractivity (Wildman–Crippen MR) is 136 cm³/mol. The molecule has 6 atom stereocenters. The van der Waals surface area contributed by atoms with Crippen molar-refractivity contribution in [3.05, 3.63) is 64.6 Å². The summed E-state index contributed by atoms with van der Waals surface area (Å²) >= 11 is 1.78. The molecule has 2 aromatic rings. The van der Waals surface area contributed by atoms with Crippen molar-refractivity contribution in [2.45, 2.75) is 64.9 Å². The number of Topliss-reactive ketones (excluding diaryl/α,β-unsaturated/α-hetero) is 1. The Morgan fingerprint density at radius 1 is 0.970 bits per heavy atom. The number of hydrogen-bond acceptors (Lipinski definition) is 3. The highest BCUT2D eigenvalue weighted by Crippen LogP contribution is 2.64. The first-order chi connectivity index (χ1) is 15.9. The number of allylic oxidation sites excluding steroid dienone is 2. The van der Waals surface area contributed by atoms with Gasteiger partial charge in [-0.15, -0.1) is 11.3 Å². The van der Waals surface area contributed by atoms with Crippen LogP contribution >= 0.6 is 11.3 Å². The second-order valence-corrected chi connectivity index (χ2v) is 12.5. The number of hydrogen-bond donors (Lipinski definition) is 1. The smallest absolute Gasteiger partial charge is 0.165 e. The highest BCUT2D eigenvalue weighted by atomic mass is 32.1. The lowest BCUT2D eigenvalue weighted by atomic mass is 9.48. The van der Waals surface area contributed by atoms with Crippen LogP contribution in [0.1, 0.15) is 63.7 Å². The highest BCUT2D eigenvalue weighted by Gasteiger charge is 2.59. The molecule has 3 heteroatoms. The Balaban J connectivity index is 1.29. The third-order valence-electron chi connectivity index (χ3n) is 9.72. The largest absolute Gasteiger partial charge is 0.393 e. The van der Waals surface area contributed by atoms with Crippen LogP contribution in [0.5, 0.6) is 0 Å². The molecule has 1 heterocycles. The van der Waals surface area contributed by atoms with E-state index in [1.54, 1.807) is 11.3 Å². The minimum absolute atomic E-state index is 0.163. The number of fused-ring (bicyclic) bond motifs is 5. The molecular weight excluding hydrogens is 424 g/mol. The normalized spacial score (nSPS) is 39.1. The lowest BCUT2D eigenvalue weighted by molar-refractivity contribution is -0.130. The molecule has 4 aliphatic rings. The van der Waals surface area contributed by atoms with Crippen LogP contribution in [0.4, 0.5) is 0 Å². The van der Waals surface area contributed by atoms with Gasteiger partial charge in [0, 0.05) is 15.2 Å². The lowest BCUT2D eigenvalue weighted by Crippen LogP contribution is -2.50. The van der Waals surface area contributed by atoms with Crippen LogP contribution in [0.2, 0.25) is 0 Å². The van der Waals surface area contributed by atoms with Gasteiger partial charge in [0.25, 0.3) is 0 Å². The van der Waals surface area contributed by atoms with E-state index in [1.807, 2.05) is 6.07 Å². The van der Waals surface area contributed by atoms with Crippen LogP contribution in [-0.4, -0.2) is 17.0 Å². The zero-order chi connectivity index (χ0) is 22.8. The van der Waals surface area contributed by atoms with Gasteiger partial charge in [0.05, 0.1) is 6.10 Å². The standard InChI is InChI=1S/C30H34O2S/c1-29-14-12-22(31)18-21(29)8-10-24-25(29)13-15-30(2)26(24)17-20(28(30)32)16-23-9-11-27(33-23)19-6-4-3-5-7-19/h3-9,11,16,22,24-26,31H,10,12-15,17-18H2,1-2H3/b20-16+/t22-,24+,25-,26-,29+,30-/m1/s1. The van der Waals surface area contributed by atoms with Gasteiger partial charge < -0.3 is 5.11 Å². The summed E-state index contributed by atoms with van der Waals surface area (Å²) in [5, 5.41) is 10.2. The van der Waals surface area contributed by atoms with Crippen LogP contribution in [0.3, 0.4) is 0 Å². The lowest BCUT2D eigenvalue weighted by Gasteiger charge is -2.56. The first kappa shape index (κ1) is 21.6. The molecule has 3 fully saturated rings. The zero-order valence-electron chi connectivity index (χ0n) is 19.7. The SMILES string of the molecule is C[C@@]12CC[C@@H]3[C@H](CC=C4C[C@H](O)CC[C@@]43C)[C@H]1C/C(=C\c1ccc(-c3ccccc3)s1)C2=O. The third kappa shape index (κ3) is 3.34. The molecule has 1 N–H and O–H groups in total. The molecule has 0 radical (unpaired) electrons. The van der Waals surface area contributed by atoms with Crippen molar-refractivity contribution in [1.82, 2.24) is 0 Å². The van der Waals surface area contributed by atoms with Gasteiger partial charge in [-0.05, 0) is 97.5 Å². The molecule has 0 unspecified atom stereocenters. The molecule has 4 aliphatic carbocycles. The van der Waals surface area contributed by atoms with E-state index in [2.05, 4.69) is 62.4 Å². The predicted octanol–water partition coefficient (Wildman–Crippen LogP) is 7.30. The number of benzene rings is 1. The Labute approximate surface area is 201 Å². The fourth-order valence-electron chi connectivity index (χ4n) is 7.80. The minimum Gasteiger partial charge on any atom is -0.393 e. The summed E-state index contributed by atoms with van der Waals surface area (Å²) < 4.78 is 0. The van der Waals surface area contributed by atoms with Crippen molar-refractivity contribution >= 4 is 23.2 Å². The number of ketones is 1. The molecular formula is C30H34O2S. The fourth-order valence-corrected chi connectivity index (χ4v) is 8.78. The average Bonchev–Trinajstić information content (AvgIpc) is 3.38. The molecule has 3 saturated carbocycles. The summed E-state index contributed by atoms with van der Waals surface area (Å²) in [6, 6.07) is 14.9. The van der Waals surface area contributed by atoms with Crippen molar-refractivity contribution in [1.29, 1.82) is 0 Å². The van der Waals surface area contributed by atoms with E-state index in [1.165, 1.54) is 20.9 Å². The number of aliphatic hydroxyl groups excluding tert-OH is 1. The zero-order valence-corrected chi connectivity index (χ0v) is 20.5. The van der Waals surface area contributed by atoms with Gasteiger partial charge in [-0.1, -0.05) is 55.8 Å². The van der Waals surface area contributed by atoms with E-state index in [4.69, 9.17) is 0 Å². The van der Waals surface area contributed by atoms with Gasteiger partial charge in [-0.2, -0.15) is 0 Å². The minimum atomic E-state index is -0.206. The second-order valence-electron chi connectivity index (χ2n) is 11.4. The van der Waals surface area contributed by atoms with E-state index in [0.29, 0.717) is 23.5 Å². The average molecular weight is 459 g/mol. The van der Waals surface area contributed by atoms with E-state index in [9.17, 15) is 9.90 Å². The molecule has 1 aromatic heterocycles. The molecule has 0 saturated heterocycles. The Morgan fingerprint density at radius 3 is 2.58 bits per heavy atom. The fraction of sp³-hybridized carbons (Fsp3) is 0.500. The number of carbonyl (C=O) groups is 1. The summed E-state index contributed by atoms with van der Waals surface area (Å²) in [6.07, 6.45) is 11.5. The van der Waals surface area contributed by atoms with E-state index in [-0.39, 0.29) is 16.9 Å². The van der Waals surface area contributed by atoms with Crippen molar-refractivity contribution in [3.63, 3.8) is 0 Å². The van der Waals surface area contributed by atoms with Crippen LogP contribution in [-0.2, 0) is 4.79 Å². The second kappa shape index (κ2) is 7.78. The van der Waals surface area contributed by atoms with Gasteiger partial charge in [0.1, 0.15) is 0 Å².